The molecule has 0 saturated carbocycles. The quantitative estimate of drug-likeness (QED) is 0.936. The number of thiazole rings is 1. The molecular formula is C14H19N5OS. The topological polar surface area (TPSA) is 63.1 Å². The maximum absolute atomic E-state index is 12.2. The van der Waals surface area contributed by atoms with Gasteiger partial charge in [0.15, 0.2) is 5.13 Å². The molecule has 1 unspecified atom stereocenters. The molecule has 0 aromatic carbocycles. The molecule has 112 valence electrons. The lowest BCUT2D eigenvalue weighted by atomic mass is 10.1. The number of amides is 1. The molecule has 3 heterocycles. The summed E-state index contributed by atoms with van der Waals surface area (Å²) in [5, 5.41) is 9.86. The molecule has 3 rings (SSSR count). The minimum Gasteiger partial charge on any atom is -0.301 e. The summed E-state index contributed by atoms with van der Waals surface area (Å²) in [6.45, 7) is 7.72. The van der Waals surface area contributed by atoms with Crippen LogP contribution in [0.15, 0.2) is 17.6 Å². The Bertz CT molecular complexity index is 630. The molecule has 0 spiro atoms. The number of likely N-dealkylation sites (tertiary alicyclic amines) is 1. The van der Waals surface area contributed by atoms with Crippen LogP contribution >= 0.6 is 11.3 Å². The highest BCUT2D eigenvalue weighted by atomic mass is 32.1. The molecule has 21 heavy (non-hydrogen) atoms. The number of aromatic nitrogens is 3. The summed E-state index contributed by atoms with van der Waals surface area (Å²) in [6.07, 6.45) is 1.69. The standard InChI is InChI=1S/C14H19N5OS/c1-9-6-10(2)19(17-9)12-7-18(8-12)11(3)13(20)16-14-15-4-5-21-14/h4-6,11-12H,7-8H2,1-3H3,(H,15,16,20). The van der Waals surface area contributed by atoms with Gasteiger partial charge in [-0.15, -0.1) is 11.3 Å². The van der Waals surface area contributed by atoms with Crippen molar-refractivity contribution in [3.8, 4) is 0 Å². The fourth-order valence-electron chi connectivity index (χ4n) is 2.64. The summed E-state index contributed by atoms with van der Waals surface area (Å²) in [6, 6.07) is 2.30. The summed E-state index contributed by atoms with van der Waals surface area (Å²) >= 11 is 1.43. The van der Waals surface area contributed by atoms with E-state index in [1.165, 1.54) is 17.0 Å². The molecular weight excluding hydrogens is 286 g/mol. The first-order valence-electron chi connectivity index (χ1n) is 7.02. The van der Waals surface area contributed by atoms with Crippen LogP contribution in [-0.2, 0) is 4.79 Å². The lowest BCUT2D eigenvalue weighted by molar-refractivity contribution is -0.123. The average molecular weight is 305 g/mol. The Morgan fingerprint density at radius 3 is 2.81 bits per heavy atom. The van der Waals surface area contributed by atoms with E-state index in [0.717, 1.165) is 18.8 Å². The predicted octanol–water partition coefficient (Wildman–Crippen LogP) is 1.84. The van der Waals surface area contributed by atoms with Crippen molar-refractivity contribution >= 4 is 22.4 Å². The van der Waals surface area contributed by atoms with Gasteiger partial charge in [0, 0.05) is 30.4 Å². The summed E-state index contributed by atoms with van der Waals surface area (Å²) in [7, 11) is 0. The van der Waals surface area contributed by atoms with E-state index in [1.807, 2.05) is 19.2 Å². The third-order valence-corrected chi connectivity index (χ3v) is 4.56. The van der Waals surface area contributed by atoms with E-state index in [1.54, 1.807) is 6.20 Å². The zero-order valence-electron chi connectivity index (χ0n) is 12.4. The lowest BCUT2D eigenvalue weighted by Crippen LogP contribution is -2.55. The maximum Gasteiger partial charge on any atom is 0.243 e. The van der Waals surface area contributed by atoms with Crippen molar-refractivity contribution in [3.05, 3.63) is 29.0 Å². The van der Waals surface area contributed by atoms with Gasteiger partial charge in [-0.25, -0.2) is 4.98 Å². The molecule has 1 aliphatic rings. The van der Waals surface area contributed by atoms with Gasteiger partial charge < -0.3 is 5.32 Å². The number of carbonyl (C=O) groups excluding carboxylic acids is 1. The molecule has 0 aliphatic carbocycles. The Kier molecular flexibility index (Phi) is 3.77. The summed E-state index contributed by atoms with van der Waals surface area (Å²) in [5.74, 6) is -0.00299. The van der Waals surface area contributed by atoms with Crippen molar-refractivity contribution in [2.24, 2.45) is 0 Å². The number of nitrogens with zero attached hydrogens (tertiary/aromatic N) is 4. The zero-order chi connectivity index (χ0) is 15.0. The second kappa shape index (κ2) is 5.57. The van der Waals surface area contributed by atoms with E-state index in [-0.39, 0.29) is 11.9 Å². The molecule has 2 aromatic heterocycles. The molecule has 2 aromatic rings. The van der Waals surface area contributed by atoms with Crippen molar-refractivity contribution in [1.29, 1.82) is 0 Å². The summed E-state index contributed by atoms with van der Waals surface area (Å²) in [4.78, 5) is 18.4. The third-order valence-electron chi connectivity index (χ3n) is 3.87. The van der Waals surface area contributed by atoms with Crippen molar-refractivity contribution in [2.45, 2.75) is 32.9 Å². The van der Waals surface area contributed by atoms with Crippen LogP contribution in [0.4, 0.5) is 5.13 Å². The summed E-state index contributed by atoms with van der Waals surface area (Å²) in [5.41, 5.74) is 2.22. The summed E-state index contributed by atoms with van der Waals surface area (Å²) < 4.78 is 2.07. The Morgan fingerprint density at radius 1 is 1.48 bits per heavy atom. The normalized spacial score (nSPS) is 17.5. The van der Waals surface area contributed by atoms with Gasteiger partial charge in [-0.2, -0.15) is 5.10 Å². The average Bonchev–Trinajstić information content (AvgIpc) is 2.98. The molecule has 1 N–H and O–H groups in total. The number of aryl methyl sites for hydroxylation is 2. The second-order valence-corrected chi connectivity index (χ2v) is 6.38. The minimum atomic E-state index is -0.151. The number of rotatable bonds is 4. The molecule has 0 radical (unpaired) electrons. The molecule has 7 heteroatoms. The van der Waals surface area contributed by atoms with E-state index in [4.69, 9.17) is 0 Å². The van der Waals surface area contributed by atoms with Gasteiger partial charge in [-0.3, -0.25) is 14.4 Å². The lowest BCUT2D eigenvalue weighted by Gasteiger charge is -2.42. The molecule has 6 nitrogen and oxygen atoms in total. The maximum atomic E-state index is 12.2. The minimum absolute atomic E-state index is 0.00299. The van der Waals surface area contributed by atoms with Gasteiger partial charge in [0.1, 0.15) is 0 Å². The highest BCUT2D eigenvalue weighted by Crippen LogP contribution is 2.25. The molecule has 1 atom stereocenters. The van der Waals surface area contributed by atoms with E-state index in [0.29, 0.717) is 11.2 Å². The molecule has 1 amide bonds. The molecule has 0 bridgehead atoms. The zero-order valence-corrected chi connectivity index (χ0v) is 13.2. The Balaban J connectivity index is 1.55. The first-order chi connectivity index (χ1) is 10.0. The Labute approximate surface area is 127 Å². The van der Waals surface area contributed by atoms with Crippen LogP contribution in [0, 0.1) is 13.8 Å². The van der Waals surface area contributed by atoms with E-state index in [9.17, 15) is 4.79 Å². The highest BCUT2D eigenvalue weighted by molar-refractivity contribution is 7.13. The number of anilines is 1. The van der Waals surface area contributed by atoms with Gasteiger partial charge in [0.2, 0.25) is 5.91 Å². The smallest absolute Gasteiger partial charge is 0.243 e. The van der Waals surface area contributed by atoms with Gasteiger partial charge in [-0.05, 0) is 26.8 Å². The van der Waals surface area contributed by atoms with E-state index >= 15 is 0 Å². The van der Waals surface area contributed by atoms with Crippen LogP contribution in [0.3, 0.4) is 0 Å². The molecule has 1 saturated heterocycles. The van der Waals surface area contributed by atoms with Crippen LogP contribution in [0.2, 0.25) is 0 Å². The molecule has 1 aliphatic heterocycles. The van der Waals surface area contributed by atoms with Gasteiger partial charge in [0.05, 0.1) is 17.8 Å². The number of carbonyl (C=O) groups is 1. The monoisotopic (exact) mass is 305 g/mol. The number of hydrogen-bond acceptors (Lipinski definition) is 5. The van der Waals surface area contributed by atoms with Crippen LogP contribution in [0.1, 0.15) is 24.4 Å². The van der Waals surface area contributed by atoms with Crippen LogP contribution in [-0.4, -0.2) is 44.7 Å². The van der Waals surface area contributed by atoms with Crippen molar-refractivity contribution in [1.82, 2.24) is 19.7 Å². The number of hydrogen-bond donors (Lipinski definition) is 1. The Hall–Kier alpha value is -1.73. The first-order valence-corrected chi connectivity index (χ1v) is 7.89. The fourth-order valence-corrected chi connectivity index (χ4v) is 3.17. The van der Waals surface area contributed by atoms with Crippen molar-refractivity contribution < 1.29 is 4.79 Å². The third kappa shape index (κ3) is 2.84. The first kappa shape index (κ1) is 14.2. The van der Waals surface area contributed by atoms with Crippen LogP contribution in [0.5, 0.6) is 0 Å². The van der Waals surface area contributed by atoms with Gasteiger partial charge >= 0.3 is 0 Å². The highest BCUT2D eigenvalue weighted by Gasteiger charge is 2.35. The fraction of sp³-hybridized carbons (Fsp3) is 0.500. The van der Waals surface area contributed by atoms with Crippen LogP contribution in [0.25, 0.3) is 0 Å². The molecule has 1 fully saturated rings. The Morgan fingerprint density at radius 2 is 2.24 bits per heavy atom. The second-order valence-electron chi connectivity index (χ2n) is 5.48. The van der Waals surface area contributed by atoms with E-state index in [2.05, 4.69) is 38.0 Å². The van der Waals surface area contributed by atoms with Crippen molar-refractivity contribution in [3.63, 3.8) is 0 Å². The SMILES string of the molecule is Cc1cc(C)n(C2CN(C(C)C(=O)Nc3nccs3)C2)n1. The van der Waals surface area contributed by atoms with Crippen LogP contribution < -0.4 is 5.32 Å². The van der Waals surface area contributed by atoms with E-state index < -0.39 is 0 Å². The predicted molar refractivity (Wildman–Crippen MR) is 82.5 cm³/mol. The largest absolute Gasteiger partial charge is 0.301 e. The number of nitrogens with one attached hydrogen (secondary N) is 1. The van der Waals surface area contributed by atoms with Gasteiger partial charge in [0.25, 0.3) is 0 Å². The van der Waals surface area contributed by atoms with Gasteiger partial charge in [-0.1, -0.05) is 0 Å². The van der Waals surface area contributed by atoms with Crippen molar-refractivity contribution in [2.75, 3.05) is 18.4 Å².